The number of hydrogen-bond acceptors (Lipinski definition) is 5. The number of hydrazine groups is 1. The molecule has 6 heteroatoms. The molecule has 0 spiro atoms. The quantitative estimate of drug-likeness (QED) is 0.864. The molecule has 0 saturated carbocycles. The number of carbonyl (C=O) groups is 2. The Morgan fingerprint density at radius 1 is 1.08 bits per heavy atom. The van der Waals surface area contributed by atoms with E-state index in [9.17, 15) is 9.59 Å². The van der Waals surface area contributed by atoms with Gasteiger partial charge in [0.15, 0.2) is 0 Å². The van der Waals surface area contributed by atoms with Crippen LogP contribution in [0.3, 0.4) is 0 Å². The Kier molecular flexibility index (Phi) is 3.94. The fourth-order valence-electron chi connectivity index (χ4n) is 3.83. The maximum atomic E-state index is 12.9. The minimum Gasteiger partial charge on any atom is -0.468 e. The normalized spacial score (nSPS) is 26.7. The molecule has 2 amide bonds. The van der Waals surface area contributed by atoms with Gasteiger partial charge in [-0.15, -0.1) is 0 Å². The number of nitrogens with one attached hydrogen (secondary N) is 1. The molecule has 2 saturated heterocycles. The summed E-state index contributed by atoms with van der Waals surface area (Å²) in [5.74, 6) is -0.0565. The molecule has 0 unspecified atom stereocenters. The third-order valence-electron chi connectivity index (χ3n) is 4.91. The monoisotopic (exact) mass is 339 g/mol. The molecule has 1 N–H and O–H groups in total. The van der Waals surface area contributed by atoms with Gasteiger partial charge in [0.2, 0.25) is 11.8 Å². The van der Waals surface area contributed by atoms with Crippen molar-refractivity contribution in [3.05, 3.63) is 60.1 Å². The largest absolute Gasteiger partial charge is 0.468 e. The van der Waals surface area contributed by atoms with E-state index in [1.165, 1.54) is 4.90 Å². The van der Waals surface area contributed by atoms with Crippen molar-refractivity contribution in [3.63, 3.8) is 0 Å². The van der Waals surface area contributed by atoms with Gasteiger partial charge < -0.3 is 4.42 Å². The van der Waals surface area contributed by atoms with Gasteiger partial charge in [-0.1, -0.05) is 30.3 Å². The van der Waals surface area contributed by atoms with Crippen LogP contribution in [0.15, 0.2) is 53.1 Å². The number of benzene rings is 1. The van der Waals surface area contributed by atoms with E-state index in [1.54, 1.807) is 12.3 Å². The SMILES string of the molecule is CC(C)N1C(=O)[C@@H]2[C@@H](C1=O)N(Cc1ccccc1)N[C@H]2c1ccco1. The summed E-state index contributed by atoms with van der Waals surface area (Å²) in [6, 6.07) is 12.6. The second-order valence-electron chi connectivity index (χ2n) is 6.85. The van der Waals surface area contributed by atoms with Crippen molar-refractivity contribution in [2.24, 2.45) is 5.92 Å². The zero-order valence-electron chi connectivity index (χ0n) is 14.3. The van der Waals surface area contributed by atoms with Gasteiger partial charge in [-0.25, -0.2) is 10.4 Å². The van der Waals surface area contributed by atoms with Crippen molar-refractivity contribution in [2.45, 2.75) is 38.5 Å². The molecule has 0 radical (unpaired) electrons. The zero-order chi connectivity index (χ0) is 17.6. The average Bonchev–Trinajstić information content (AvgIpc) is 3.27. The minimum atomic E-state index is -0.509. The first kappa shape index (κ1) is 16.1. The predicted octanol–water partition coefficient (Wildman–Crippen LogP) is 2.10. The van der Waals surface area contributed by atoms with E-state index < -0.39 is 12.0 Å². The number of fused-ring (bicyclic) bond motifs is 1. The molecule has 130 valence electrons. The molecule has 0 aliphatic carbocycles. The summed E-state index contributed by atoms with van der Waals surface area (Å²) < 4.78 is 5.53. The lowest BCUT2D eigenvalue weighted by molar-refractivity contribution is -0.143. The maximum absolute atomic E-state index is 12.9. The van der Waals surface area contributed by atoms with E-state index >= 15 is 0 Å². The molecule has 4 rings (SSSR count). The average molecular weight is 339 g/mol. The maximum Gasteiger partial charge on any atom is 0.249 e. The summed E-state index contributed by atoms with van der Waals surface area (Å²) in [5.41, 5.74) is 4.42. The number of nitrogens with zero attached hydrogens (tertiary/aromatic N) is 2. The Hall–Kier alpha value is -2.44. The van der Waals surface area contributed by atoms with Crippen molar-refractivity contribution < 1.29 is 14.0 Å². The van der Waals surface area contributed by atoms with E-state index in [-0.39, 0.29) is 23.9 Å². The van der Waals surface area contributed by atoms with Gasteiger partial charge in [-0.3, -0.25) is 14.5 Å². The standard InChI is InChI=1S/C19H21N3O3/c1-12(2)22-18(23)15-16(14-9-6-10-25-14)20-21(17(15)19(22)24)11-13-7-4-3-5-8-13/h3-10,12,15-17,20H,11H2,1-2H3/t15-,16-,17-/m0/s1. The molecule has 2 aliphatic heterocycles. The Labute approximate surface area is 146 Å². The third-order valence-corrected chi connectivity index (χ3v) is 4.91. The van der Waals surface area contributed by atoms with Gasteiger partial charge in [-0.05, 0) is 31.5 Å². The number of rotatable bonds is 4. The fourth-order valence-corrected chi connectivity index (χ4v) is 3.83. The summed E-state index contributed by atoms with van der Waals surface area (Å²) in [5, 5.41) is 1.88. The summed E-state index contributed by atoms with van der Waals surface area (Å²) >= 11 is 0. The van der Waals surface area contributed by atoms with E-state index in [0.717, 1.165) is 5.56 Å². The highest BCUT2D eigenvalue weighted by atomic mass is 16.3. The second-order valence-corrected chi connectivity index (χ2v) is 6.85. The minimum absolute atomic E-state index is 0.130. The highest BCUT2D eigenvalue weighted by Gasteiger charge is 2.59. The van der Waals surface area contributed by atoms with Crippen LogP contribution in [-0.4, -0.2) is 33.8 Å². The molecule has 2 fully saturated rings. The van der Waals surface area contributed by atoms with Gasteiger partial charge in [0, 0.05) is 12.6 Å². The summed E-state index contributed by atoms with van der Waals surface area (Å²) in [6.07, 6.45) is 1.59. The van der Waals surface area contributed by atoms with Gasteiger partial charge in [0.05, 0.1) is 18.2 Å². The Morgan fingerprint density at radius 3 is 2.48 bits per heavy atom. The number of amides is 2. The topological polar surface area (TPSA) is 65.8 Å². The van der Waals surface area contributed by atoms with E-state index in [1.807, 2.05) is 55.3 Å². The molecule has 3 heterocycles. The van der Waals surface area contributed by atoms with Crippen LogP contribution in [0.2, 0.25) is 0 Å². The van der Waals surface area contributed by atoms with Crippen molar-refractivity contribution in [1.29, 1.82) is 0 Å². The van der Waals surface area contributed by atoms with E-state index in [4.69, 9.17) is 4.42 Å². The van der Waals surface area contributed by atoms with Gasteiger partial charge >= 0.3 is 0 Å². The smallest absolute Gasteiger partial charge is 0.249 e. The van der Waals surface area contributed by atoms with Crippen LogP contribution in [0.4, 0.5) is 0 Å². The lowest BCUT2D eigenvalue weighted by Crippen LogP contribution is -2.46. The van der Waals surface area contributed by atoms with Crippen LogP contribution < -0.4 is 5.43 Å². The summed E-state index contributed by atoms with van der Waals surface area (Å²) in [7, 11) is 0. The zero-order valence-corrected chi connectivity index (χ0v) is 14.3. The number of hydrogen-bond donors (Lipinski definition) is 1. The second kappa shape index (κ2) is 6.13. The number of imide groups is 1. The molecular weight excluding hydrogens is 318 g/mol. The van der Waals surface area contributed by atoms with Crippen LogP contribution in [0, 0.1) is 5.92 Å². The molecule has 2 aromatic rings. The highest BCUT2D eigenvalue weighted by molar-refractivity contribution is 6.08. The Bertz CT molecular complexity index is 772. The van der Waals surface area contributed by atoms with Crippen LogP contribution in [-0.2, 0) is 16.1 Å². The van der Waals surface area contributed by atoms with E-state index in [2.05, 4.69) is 5.43 Å². The molecule has 25 heavy (non-hydrogen) atoms. The summed E-state index contributed by atoms with van der Waals surface area (Å²) in [6.45, 7) is 4.28. The van der Waals surface area contributed by atoms with Crippen LogP contribution in [0.5, 0.6) is 0 Å². The molecule has 1 aromatic heterocycles. The molecular formula is C19H21N3O3. The van der Waals surface area contributed by atoms with E-state index in [0.29, 0.717) is 12.3 Å². The van der Waals surface area contributed by atoms with Crippen LogP contribution >= 0.6 is 0 Å². The molecule has 0 bridgehead atoms. The molecule has 6 nitrogen and oxygen atoms in total. The molecule has 1 aromatic carbocycles. The van der Waals surface area contributed by atoms with Crippen molar-refractivity contribution >= 4 is 11.8 Å². The predicted molar refractivity (Wildman–Crippen MR) is 90.8 cm³/mol. The van der Waals surface area contributed by atoms with Crippen LogP contribution in [0.25, 0.3) is 0 Å². The first-order valence-corrected chi connectivity index (χ1v) is 8.55. The molecule has 2 aliphatic rings. The Morgan fingerprint density at radius 2 is 1.84 bits per heavy atom. The fraction of sp³-hybridized carbons (Fsp3) is 0.368. The van der Waals surface area contributed by atoms with Gasteiger partial charge in [0.1, 0.15) is 11.8 Å². The number of likely N-dealkylation sites (tertiary alicyclic amines) is 1. The lowest BCUT2D eigenvalue weighted by atomic mass is 9.94. The van der Waals surface area contributed by atoms with Crippen molar-refractivity contribution in [1.82, 2.24) is 15.3 Å². The van der Waals surface area contributed by atoms with Crippen molar-refractivity contribution in [3.8, 4) is 0 Å². The number of furan rings is 1. The van der Waals surface area contributed by atoms with Crippen molar-refractivity contribution in [2.75, 3.05) is 0 Å². The lowest BCUT2D eigenvalue weighted by Gasteiger charge is -2.26. The third kappa shape index (κ3) is 2.58. The summed E-state index contributed by atoms with van der Waals surface area (Å²) in [4.78, 5) is 27.3. The van der Waals surface area contributed by atoms with Crippen LogP contribution in [0.1, 0.15) is 31.2 Å². The molecule has 3 atom stereocenters. The first-order chi connectivity index (χ1) is 12.1. The van der Waals surface area contributed by atoms with Gasteiger partial charge in [-0.2, -0.15) is 0 Å². The highest BCUT2D eigenvalue weighted by Crippen LogP contribution is 2.41. The Balaban J connectivity index is 1.69. The first-order valence-electron chi connectivity index (χ1n) is 8.55. The number of carbonyl (C=O) groups excluding carboxylic acids is 2. The van der Waals surface area contributed by atoms with Gasteiger partial charge in [0.25, 0.3) is 0 Å².